The van der Waals surface area contributed by atoms with Gasteiger partial charge in [0.25, 0.3) is 0 Å². The lowest BCUT2D eigenvalue weighted by Gasteiger charge is -2.20. The molecule has 8 heteroatoms. The van der Waals surface area contributed by atoms with Crippen molar-refractivity contribution in [3.63, 3.8) is 0 Å². The molecular weight excluding hydrogens is 350 g/mol. The van der Waals surface area contributed by atoms with Gasteiger partial charge in [0.05, 0.1) is 12.5 Å². The summed E-state index contributed by atoms with van der Waals surface area (Å²) in [5, 5.41) is 19.9. The van der Waals surface area contributed by atoms with Gasteiger partial charge in [0.15, 0.2) is 0 Å². The quantitative estimate of drug-likeness (QED) is 0.427. The Morgan fingerprint density at radius 2 is 1.67 bits per heavy atom. The summed E-state index contributed by atoms with van der Waals surface area (Å²) in [6.45, 7) is 6.81. The summed E-state index contributed by atoms with van der Waals surface area (Å²) < 4.78 is 0. The molecule has 0 aliphatic carbocycles. The summed E-state index contributed by atoms with van der Waals surface area (Å²) in [6.07, 6.45) is 0.978. The molecule has 0 heterocycles. The van der Waals surface area contributed by atoms with Crippen molar-refractivity contribution in [1.29, 1.82) is 0 Å². The first-order chi connectivity index (χ1) is 12.4. The fourth-order valence-electron chi connectivity index (χ4n) is 2.02. The number of amides is 1. The van der Waals surface area contributed by atoms with Crippen LogP contribution in [0, 0.1) is 5.41 Å². The standard InChI is InChI=1S/C10H20N2O3.C9H11NO2/c1-10(2,3)4-5-12-7(9(11)15)6-8(13)14;10-8(9(11)12)6-7-4-2-1-3-5-7/h7,12H,4-6H2,1-3H3,(H2,11,15)(H,13,14);1-5,8H,6,10H2,(H,11,12)/t7-;8-/m00/s1. The minimum atomic E-state index is -1.03. The Morgan fingerprint density at radius 3 is 2.07 bits per heavy atom. The van der Waals surface area contributed by atoms with Crippen molar-refractivity contribution < 1.29 is 24.6 Å². The SMILES string of the molecule is CC(C)(C)CCN[C@@H](CC(=O)O)C(N)=O.N[C@@H](Cc1ccccc1)C(=O)O. The molecule has 0 aromatic heterocycles. The van der Waals surface area contributed by atoms with Gasteiger partial charge in [0, 0.05) is 0 Å². The molecule has 0 aliphatic heterocycles. The van der Waals surface area contributed by atoms with E-state index in [1.165, 1.54) is 0 Å². The van der Waals surface area contributed by atoms with Crippen LogP contribution in [0.5, 0.6) is 0 Å². The second kappa shape index (κ2) is 12.0. The molecule has 2 atom stereocenters. The topological polar surface area (TPSA) is 156 Å². The van der Waals surface area contributed by atoms with Gasteiger partial charge in [-0.3, -0.25) is 14.4 Å². The van der Waals surface area contributed by atoms with E-state index in [0.29, 0.717) is 13.0 Å². The van der Waals surface area contributed by atoms with Gasteiger partial charge < -0.3 is 27.0 Å². The van der Waals surface area contributed by atoms with Crippen LogP contribution in [-0.2, 0) is 20.8 Å². The number of nitrogens with two attached hydrogens (primary N) is 2. The molecule has 8 nitrogen and oxygen atoms in total. The van der Waals surface area contributed by atoms with Crippen LogP contribution in [0.25, 0.3) is 0 Å². The summed E-state index contributed by atoms with van der Waals surface area (Å²) >= 11 is 0. The Kier molecular flexibility index (Phi) is 10.9. The third kappa shape index (κ3) is 13.4. The predicted octanol–water partition coefficient (Wildman–Crippen LogP) is 0.982. The maximum Gasteiger partial charge on any atom is 0.320 e. The number of carbonyl (C=O) groups excluding carboxylic acids is 1. The first kappa shape index (κ1) is 24.6. The smallest absolute Gasteiger partial charge is 0.320 e. The van der Waals surface area contributed by atoms with Crippen molar-refractivity contribution in [2.24, 2.45) is 16.9 Å². The van der Waals surface area contributed by atoms with Crippen molar-refractivity contribution in [3.05, 3.63) is 35.9 Å². The van der Waals surface area contributed by atoms with Crippen LogP contribution in [0.3, 0.4) is 0 Å². The van der Waals surface area contributed by atoms with E-state index >= 15 is 0 Å². The van der Waals surface area contributed by atoms with Crippen LogP contribution in [0.2, 0.25) is 0 Å². The van der Waals surface area contributed by atoms with Crippen LogP contribution in [0.15, 0.2) is 30.3 Å². The summed E-state index contributed by atoms with van der Waals surface area (Å²) in [5.41, 5.74) is 11.5. The fraction of sp³-hybridized carbons (Fsp3) is 0.526. The normalized spacial score (nSPS) is 13.0. The Morgan fingerprint density at radius 1 is 1.11 bits per heavy atom. The van der Waals surface area contributed by atoms with E-state index in [-0.39, 0.29) is 11.8 Å². The molecule has 0 spiro atoms. The molecule has 1 aromatic carbocycles. The second-order valence-corrected chi connectivity index (χ2v) is 7.45. The number of carbonyl (C=O) groups is 3. The third-order valence-electron chi connectivity index (χ3n) is 3.60. The highest BCUT2D eigenvalue weighted by Gasteiger charge is 2.19. The molecule has 0 radical (unpaired) electrons. The zero-order valence-electron chi connectivity index (χ0n) is 16.1. The van der Waals surface area contributed by atoms with Crippen LogP contribution >= 0.6 is 0 Å². The van der Waals surface area contributed by atoms with Crippen molar-refractivity contribution in [2.75, 3.05) is 6.54 Å². The maximum absolute atomic E-state index is 10.9. The molecule has 0 aliphatic rings. The van der Waals surface area contributed by atoms with Gasteiger partial charge in [0.2, 0.25) is 5.91 Å². The number of nitrogens with one attached hydrogen (secondary N) is 1. The number of aliphatic carboxylic acids is 2. The number of carboxylic acids is 2. The molecule has 0 unspecified atom stereocenters. The number of primary amides is 1. The largest absolute Gasteiger partial charge is 0.481 e. The number of hydrogen-bond donors (Lipinski definition) is 5. The summed E-state index contributed by atoms with van der Waals surface area (Å²) in [5.74, 6) is -2.60. The van der Waals surface area contributed by atoms with E-state index in [1.807, 2.05) is 30.3 Å². The summed E-state index contributed by atoms with van der Waals surface area (Å²) in [4.78, 5) is 31.7. The van der Waals surface area contributed by atoms with Crippen LogP contribution in [-0.4, -0.2) is 46.7 Å². The van der Waals surface area contributed by atoms with Gasteiger partial charge in [-0.25, -0.2) is 0 Å². The highest BCUT2D eigenvalue weighted by molar-refractivity contribution is 5.84. The molecule has 1 rings (SSSR count). The van der Waals surface area contributed by atoms with E-state index < -0.39 is 29.9 Å². The van der Waals surface area contributed by atoms with Gasteiger partial charge in [0.1, 0.15) is 6.04 Å². The lowest BCUT2D eigenvalue weighted by atomic mass is 9.92. The van der Waals surface area contributed by atoms with Gasteiger partial charge in [-0.05, 0) is 30.4 Å². The summed E-state index contributed by atoms with van der Waals surface area (Å²) in [6, 6.07) is 7.77. The molecule has 0 fully saturated rings. The van der Waals surface area contributed by atoms with Crippen molar-refractivity contribution >= 4 is 17.8 Å². The van der Waals surface area contributed by atoms with Crippen LogP contribution in [0.1, 0.15) is 39.2 Å². The minimum absolute atomic E-state index is 0.151. The lowest BCUT2D eigenvalue weighted by molar-refractivity contribution is -0.139. The third-order valence-corrected chi connectivity index (χ3v) is 3.60. The molecule has 152 valence electrons. The van der Waals surface area contributed by atoms with Crippen LogP contribution < -0.4 is 16.8 Å². The van der Waals surface area contributed by atoms with Crippen molar-refractivity contribution in [3.8, 4) is 0 Å². The highest BCUT2D eigenvalue weighted by Crippen LogP contribution is 2.17. The highest BCUT2D eigenvalue weighted by atomic mass is 16.4. The fourth-order valence-corrected chi connectivity index (χ4v) is 2.02. The zero-order chi connectivity index (χ0) is 21.0. The first-order valence-electron chi connectivity index (χ1n) is 8.69. The van der Waals surface area contributed by atoms with E-state index in [1.54, 1.807) is 0 Å². The second-order valence-electron chi connectivity index (χ2n) is 7.45. The lowest BCUT2D eigenvalue weighted by Crippen LogP contribution is -2.43. The van der Waals surface area contributed by atoms with Crippen molar-refractivity contribution in [1.82, 2.24) is 5.32 Å². The van der Waals surface area contributed by atoms with Crippen molar-refractivity contribution in [2.45, 2.75) is 52.1 Å². The van der Waals surface area contributed by atoms with Gasteiger partial charge in [-0.2, -0.15) is 0 Å². The van der Waals surface area contributed by atoms with E-state index in [9.17, 15) is 14.4 Å². The zero-order valence-corrected chi connectivity index (χ0v) is 16.1. The first-order valence-corrected chi connectivity index (χ1v) is 8.69. The van der Waals surface area contributed by atoms with E-state index in [4.69, 9.17) is 21.7 Å². The molecule has 0 saturated heterocycles. The van der Waals surface area contributed by atoms with E-state index in [2.05, 4.69) is 26.1 Å². The molecule has 1 amide bonds. The maximum atomic E-state index is 10.9. The van der Waals surface area contributed by atoms with Gasteiger partial charge in [-0.15, -0.1) is 0 Å². The van der Waals surface area contributed by atoms with Gasteiger partial charge in [-0.1, -0.05) is 51.1 Å². The Hall–Kier alpha value is -2.45. The molecule has 0 saturated carbocycles. The van der Waals surface area contributed by atoms with Crippen LogP contribution in [0.4, 0.5) is 0 Å². The molecule has 1 aromatic rings. The molecule has 7 N–H and O–H groups in total. The molecule has 27 heavy (non-hydrogen) atoms. The average Bonchev–Trinajstić information content (AvgIpc) is 2.53. The Bertz CT molecular complexity index is 599. The Labute approximate surface area is 159 Å². The minimum Gasteiger partial charge on any atom is -0.481 e. The number of hydrogen-bond acceptors (Lipinski definition) is 5. The molecule has 0 bridgehead atoms. The predicted molar refractivity (Wildman–Crippen MR) is 103 cm³/mol. The number of rotatable bonds is 9. The number of carboxylic acid groups (broad SMARTS) is 2. The van der Waals surface area contributed by atoms with E-state index in [0.717, 1.165) is 12.0 Å². The Balaban J connectivity index is 0.000000511. The average molecular weight is 381 g/mol. The molecular formula is C19H31N3O5. The number of benzene rings is 1. The summed E-state index contributed by atoms with van der Waals surface area (Å²) in [7, 11) is 0. The van der Waals surface area contributed by atoms with Gasteiger partial charge >= 0.3 is 11.9 Å². The monoisotopic (exact) mass is 381 g/mol.